The molecule has 0 radical (unpaired) electrons. The summed E-state index contributed by atoms with van der Waals surface area (Å²) in [6.07, 6.45) is 1.06. The summed E-state index contributed by atoms with van der Waals surface area (Å²) >= 11 is 0. The molecule has 0 heterocycles. The Balaban J connectivity index is 1.48. The van der Waals surface area contributed by atoms with Crippen LogP contribution < -0.4 is 10.6 Å². The minimum absolute atomic E-state index is 0.125. The van der Waals surface area contributed by atoms with Crippen molar-refractivity contribution in [1.82, 2.24) is 5.32 Å². The number of fused-ring (bicyclic) bond motifs is 3. The zero-order valence-corrected chi connectivity index (χ0v) is 16.7. The van der Waals surface area contributed by atoms with Gasteiger partial charge in [-0.05, 0) is 53.3 Å². The third-order valence-corrected chi connectivity index (χ3v) is 5.32. The summed E-state index contributed by atoms with van der Waals surface area (Å²) in [5, 5.41) is 5.88. The number of benzene rings is 3. The van der Waals surface area contributed by atoms with E-state index >= 15 is 0 Å². The predicted octanol–water partition coefficient (Wildman–Crippen LogP) is 4.77. The van der Waals surface area contributed by atoms with E-state index in [0.717, 1.165) is 23.2 Å². The number of rotatable bonds is 5. The maximum absolute atomic E-state index is 12.7. The van der Waals surface area contributed by atoms with E-state index in [2.05, 4.69) is 41.0 Å². The molecule has 1 atom stereocenters. The first-order chi connectivity index (χ1) is 14.0. The van der Waals surface area contributed by atoms with E-state index in [1.807, 2.05) is 43.3 Å². The second kappa shape index (κ2) is 7.92. The van der Waals surface area contributed by atoms with Crippen LogP contribution in [0.4, 0.5) is 5.69 Å². The highest BCUT2D eigenvalue weighted by Gasteiger charge is 2.20. The number of aryl methyl sites for hydroxylation is 1. The largest absolute Gasteiger partial charge is 0.349 e. The summed E-state index contributed by atoms with van der Waals surface area (Å²) in [6.45, 7) is 3.48. The Morgan fingerprint density at radius 3 is 2.41 bits per heavy atom. The molecule has 1 unspecified atom stereocenters. The number of hydrogen-bond acceptors (Lipinski definition) is 2. The first kappa shape index (κ1) is 18.9. The molecule has 0 saturated heterocycles. The highest BCUT2D eigenvalue weighted by atomic mass is 16.2. The quantitative estimate of drug-likeness (QED) is 0.521. The van der Waals surface area contributed by atoms with Gasteiger partial charge in [0.25, 0.3) is 0 Å². The second-order valence-electron chi connectivity index (χ2n) is 7.62. The molecule has 0 fully saturated rings. The van der Waals surface area contributed by atoms with Crippen molar-refractivity contribution in [3.8, 4) is 11.1 Å². The van der Waals surface area contributed by atoms with E-state index in [4.69, 9.17) is 0 Å². The van der Waals surface area contributed by atoms with Gasteiger partial charge in [-0.2, -0.15) is 0 Å². The molecule has 3 aromatic carbocycles. The summed E-state index contributed by atoms with van der Waals surface area (Å²) < 4.78 is 0. The smallest absolute Gasteiger partial charge is 0.226 e. The monoisotopic (exact) mass is 384 g/mol. The van der Waals surface area contributed by atoms with Gasteiger partial charge in [-0.15, -0.1) is 0 Å². The highest BCUT2D eigenvalue weighted by Crippen LogP contribution is 2.37. The van der Waals surface area contributed by atoms with E-state index in [-0.39, 0.29) is 24.3 Å². The first-order valence-corrected chi connectivity index (χ1v) is 9.84. The van der Waals surface area contributed by atoms with E-state index in [0.29, 0.717) is 0 Å². The summed E-state index contributed by atoms with van der Waals surface area (Å²) in [5.41, 5.74) is 7.88. The molecular formula is C25H24N2O2. The van der Waals surface area contributed by atoms with Crippen LogP contribution in [-0.4, -0.2) is 11.8 Å². The van der Waals surface area contributed by atoms with Crippen LogP contribution in [-0.2, 0) is 16.0 Å². The van der Waals surface area contributed by atoms with Crippen LogP contribution in [0.1, 0.15) is 41.6 Å². The lowest BCUT2D eigenvalue weighted by Crippen LogP contribution is -2.29. The number of carbonyl (C=O) groups is 2. The van der Waals surface area contributed by atoms with Gasteiger partial charge in [0.1, 0.15) is 0 Å². The molecular weight excluding hydrogens is 360 g/mol. The molecule has 0 aromatic heterocycles. The molecule has 0 bridgehead atoms. The number of amides is 2. The van der Waals surface area contributed by atoms with Crippen LogP contribution in [0, 0.1) is 6.92 Å². The molecule has 0 aliphatic heterocycles. The fourth-order valence-corrected chi connectivity index (χ4v) is 3.92. The van der Waals surface area contributed by atoms with Gasteiger partial charge >= 0.3 is 0 Å². The maximum atomic E-state index is 12.7. The Hall–Kier alpha value is -3.40. The lowest BCUT2D eigenvalue weighted by atomic mass is 10.0. The topological polar surface area (TPSA) is 58.2 Å². The summed E-state index contributed by atoms with van der Waals surface area (Å²) in [7, 11) is 0. The van der Waals surface area contributed by atoms with Crippen molar-refractivity contribution >= 4 is 17.5 Å². The molecule has 0 spiro atoms. The Morgan fingerprint density at radius 1 is 0.931 bits per heavy atom. The summed E-state index contributed by atoms with van der Waals surface area (Å²) in [4.78, 5) is 24.3. The standard InChI is InChI=1S/C25H24N2O2/c1-16-7-9-18(10-8-16)24(26-17(2)28)15-25(29)27-21-11-12-23-20(14-21)13-19-5-3-4-6-22(19)23/h3-12,14,24H,13,15H2,1-2H3,(H,26,28)(H,27,29). The molecule has 1 aliphatic carbocycles. The molecule has 0 saturated carbocycles. The average molecular weight is 384 g/mol. The predicted molar refractivity (Wildman–Crippen MR) is 116 cm³/mol. The van der Waals surface area contributed by atoms with Crippen molar-refractivity contribution in [1.29, 1.82) is 0 Å². The number of anilines is 1. The normalized spacial score (nSPS) is 12.6. The van der Waals surface area contributed by atoms with Crippen molar-refractivity contribution in [2.45, 2.75) is 32.7 Å². The molecule has 146 valence electrons. The Bertz CT molecular complexity index is 1070. The third kappa shape index (κ3) is 4.21. The summed E-state index contributed by atoms with van der Waals surface area (Å²) in [5.74, 6) is -0.279. The minimum atomic E-state index is -0.355. The van der Waals surface area contributed by atoms with E-state index in [1.54, 1.807) is 0 Å². The highest BCUT2D eigenvalue weighted by molar-refractivity contribution is 5.92. The van der Waals surface area contributed by atoms with Crippen LogP contribution in [0.15, 0.2) is 66.7 Å². The van der Waals surface area contributed by atoms with Crippen molar-refractivity contribution < 1.29 is 9.59 Å². The SMILES string of the molecule is CC(=O)NC(CC(=O)Nc1ccc2c(c1)Cc1ccccc1-2)c1ccc(C)cc1. The van der Waals surface area contributed by atoms with Gasteiger partial charge in [-0.1, -0.05) is 60.2 Å². The van der Waals surface area contributed by atoms with Gasteiger partial charge < -0.3 is 10.6 Å². The Kier molecular flexibility index (Phi) is 5.17. The number of hydrogen-bond donors (Lipinski definition) is 2. The van der Waals surface area contributed by atoms with Crippen LogP contribution in [0.5, 0.6) is 0 Å². The zero-order valence-electron chi connectivity index (χ0n) is 16.7. The second-order valence-corrected chi connectivity index (χ2v) is 7.62. The molecule has 29 heavy (non-hydrogen) atoms. The van der Waals surface area contributed by atoms with E-state index < -0.39 is 0 Å². The molecule has 3 aromatic rings. The fourth-order valence-electron chi connectivity index (χ4n) is 3.92. The van der Waals surface area contributed by atoms with Crippen molar-refractivity contribution in [3.05, 3.63) is 89.0 Å². The van der Waals surface area contributed by atoms with Crippen molar-refractivity contribution in [3.63, 3.8) is 0 Å². The van der Waals surface area contributed by atoms with Gasteiger partial charge in [0, 0.05) is 12.6 Å². The zero-order chi connectivity index (χ0) is 20.4. The van der Waals surface area contributed by atoms with Crippen LogP contribution >= 0.6 is 0 Å². The van der Waals surface area contributed by atoms with Crippen molar-refractivity contribution in [2.75, 3.05) is 5.32 Å². The lowest BCUT2D eigenvalue weighted by Gasteiger charge is -2.18. The van der Waals surface area contributed by atoms with Gasteiger partial charge in [0.15, 0.2) is 0 Å². The molecule has 4 heteroatoms. The average Bonchev–Trinajstić information content (AvgIpc) is 3.05. The van der Waals surface area contributed by atoms with Gasteiger partial charge in [0.05, 0.1) is 12.5 Å². The summed E-state index contributed by atoms with van der Waals surface area (Å²) in [6, 6.07) is 22.0. The maximum Gasteiger partial charge on any atom is 0.226 e. The molecule has 1 aliphatic rings. The molecule has 2 N–H and O–H groups in total. The first-order valence-electron chi connectivity index (χ1n) is 9.84. The van der Waals surface area contributed by atoms with Gasteiger partial charge in [-0.25, -0.2) is 0 Å². The van der Waals surface area contributed by atoms with Crippen LogP contribution in [0.2, 0.25) is 0 Å². The number of nitrogens with one attached hydrogen (secondary N) is 2. The van der Waals surface area contributed by atoms with Crippen molar-refractivity contribution in [2.24, 2.45) is 0 Å². The molecule has 2 amide bonds. The number of carbonyl (C=O) groups excluding carboxylic acids is 2. The van der Waals surface area contributed by atoms with Gasteiger partial charge in [0.2, 0.25) is 11.8 Å². The molecule has 4 rings (SSSR count). The van der Waals surface area contributed by atoms with Gasteiger partial charge in [-0.3, -0.25) is 9.59 Å². The van der Waals surface area contributed by atoms with Crippen LogP contribution in [0.25, 0.3) is 11.1 Å². The molecule has 4 nitrogen and oxygen atoms in total. The minimum Gasteiger partial charge on any atom is -0.349 e. The van der Waals surface area contributed by atoms with E-state index in [1.165, 1.54) is 29.2 Å². The van der Waals surface area contributed by atoms with Crippen LogP contribution in [0.3, 0.4) is 0 Å². The third-order valence-electron chi connectivity index (χ3n) is 5.32. The Morgan fingerprint density at radius 2 is 1.66 bits per heavy atom. The van der Waals surface area contributed by atoms with E-state index in [9.17, 15) is 9.59 Å². The Labute approximate surface area is 171 Å². The fraction of sp³-hybridized carbons (Fsp3) is 0.200. The lowest BCUT2D eigenvalue weighted by molar-refractivity contribution is -0.120.